The van der Waals surface area contributed by atoms with Crippen LogP contribution in [0.3, 0.4) is 0 Å². The maximum absolute atomic E-state index is 14.0. The fourth-order valence-corrected chi connectivity index (χ4v) is 3.29. The van der Waals surface area contributed by atoms with Gasteiger partial charge in [-0.3, -0.25) is 0 Å². The van der Waals surface area contributed by atoms with Gasteiger partial charge < -0.3 is 4.74 Å². The van der Waals surface area contributed by atoms with Gasteiger partial charge in [0.15, 0.2) is 0 Å². The molecular formula is C33H53F4NO. The third-order valence-electron chi connectivity index (χ3n) is 6.17. The van der Waals surface area contributed by atoms with Crippen molar-refractivity contribution in [2.45, 2.75) is 107 Å². The number of ether oxygens (including phenoxy) is 1. The minimum Gasteiger partial charge on any atom is -0.433 e. The van der Waals surface area contributed by atoms with E-state index >= 15 is 0 Å². The fourth-order valence-electron chi connectivity index (χ4n) is 3.29. The van der Waals surface area contributed by atoms with Gasteiger partial charge in [-0.2, -0.15) is 14.0 Å². The second-order valence-electron chi connectivity index (χ2n) is 10.1. The molecule has 0 N–H and O–H groups in total. The molecule has 0 saturated carbocycles. The SMILES string of the molecule is C=C(/C=C(/F)C(=C)C(=C)/C=C(/F)C(=C)C#N)OC(F)(F)C(C)CCC.CC.CCCC(C)C(C)CCC(C)C. The lowest BCUT2D eigenvalue weighted by atomic mass is 9.86. The molecule has 0 aliphatic carbocycles. The normalized spacial score (nSPS) is 14.0. The minimum atomic E-state index is -3.50. The molecule has 0 aromatic heterocycles. The zero-order valence-corrected chi connectivity index (χ0v) is 25.9. The first kappa shape index (κ1) is 40.9. The van der Waals surface area contributed by atoms with Gasteiger partial charge in [-0.1, -0.05) is 121 Å². The van der Waals surface area contributed by atoms with Gasteiger partial charge in [-0.05, 0) is 35.8 Å². The Labute approximate surface area is 236 Å². The van der Waals surface area contributed by atoms with E-state index in [0.717, 1.165) is 23.8 Å². The summed E-state index contributed by atoms with van der Waals surface area (Å²) in [6, 6.07) is 1.48. The van der Waals surface area contributed by atoms with E-state index in [0.29, 0.717) is 12.5 Å². The van der Waals surface area contributed by atoms with Crippen LogP contribution in [0.1, 0.15) is 101 Å². The Morgan fingerprint density at radius 2 is 1.31 bits per heavy atom. The molecule has 3 unspecified atom stereocenters. The maximum atomic E-state index is 14.0. The number of nitrogens with zero attached hydrogens (tertiary/aromatic N) is 1. The van der Waals surface area contributed by atoms with Crippen molar-refractivity contribution in [2.24, 2.45) is 23.7 Å². The first-order valence-corrected chi connectivity index (χ1v) is 14.0. The molecule has 0 fully saturated rings. The van der Waals surface area contributed by atoms with E-state index in [4.69, 9.17) is 5.26 Å². The van der Waals surface area contributed by atoms with Gasteiger partial charge in [-0.15, -0.1) is 0 Å². The average Bonchev–Trinajstić information content (AvgIpc) is 2.87. The first-order chi connectivity index (χ1) is 18.0. The third kappa shape index (κ3) is 19.2. The molecule has 0 aliphatic rings. The van der Waals surface area contributed by atoms with Crippen LogP contribution in [-0.4, -0.2) is 6.11 Å². The van der Waals surface area contributed by atoms with Crippen LogP contribution in [0, 0.1) is 35.0 Å². The van der Waals surface area contributed by atoms with Crippen molar-refractivity contribution >= 4 is 0 Å². The van der Waals surface area contributed by atoms with Gasteiger partial charge in [0.25, 0.3) is 0 Å². The predicted molar refractivity (Wildman–Crippen MR) is 159 cm³/mol. The molecule has 0 saturated heterocycles. The van der Waals surface area contributed by atoms with E-state index in [2.05, 4.69) is 65.7 Å². The van der Waals surface area contributed by atoms with E-state index in [-0.39, 0.29) is 17.6 Å². The van der Waals surface area contributed by atoms with Crippen LogP contribution in [0.2, 0.25) is 0 Å². The number of hydrogen-bond acceptors (Lipinski definition) is 2. The monoisotopic (exact) mass is 555 g/mol. The lowest BCUT2D eigenvalue weighted by Gasteiger charge is -2.24. The molecular weight excluding hydrogens is 502 g/mol. The Bertz CT molecular complexity index is 861. The number of rotatable bonds is 16. The van der Waals surface area contributed by atoms with E-state index in [1.165, 1.54) is 38.7 Å². The highest BCUT2D eigenvalue weighted by atomic mass is 19.3. The molecule has 0 aliphatic heterocycles. The smallest absolute Gasteiger partial charge is 0.400 e. The highest BCUT2D eigenvalue weighted by Gasteiger charge is 2.38. The maximum Gasteiger partial charge on any atom is 0.400 e. The molecule has 0 aromatic rings. The Balaban J connectivity index is -0.000000774. The Morgan fingerprint density at radius 3 is 1.74 bits per heavy atom. The van der Waals surface area contributed by atoms with Gasteiger partial charge in [-0.25, -0.2) is 8.78 Å². The topological polar surface area (TPSA) is 33.0 Å². The van der Waals surface area contributed by atoms with E-state index < -0.39 is 35.0 Å². The quantitative estimate of drug-likeness (QED) is 0.0821. The molecule has 0 spiro atoms. The molecule has 0 heterocycles. The number of nitriles is 1. The van der Waals surface area contributed by atoms with Crippen molar-refractivity contribution in [3.8, 4) is 6.07 Å². The largest absolute Gasteiger partial charge is 0.433 e. The predicted octanol–water partition coefficient (Wildman–Crippen LogP) is 12.0. The van der Waals surface area contributed by atoms with Crippen molar-refractivity contribution in [1.29, 1.82) is 5.26 Å². The number of hydrogen-bond donors (Lipinski definition) is 0. The molecule has 0 aromatic carbocycles. The highest BCUT2D eigenvalue weighted by Crippen LogP contribution is 2.32. The second kappa shape index (κ2) is 22.3. The summed E-state index contributed by atoms with van der Waals surface area (Å²) < 4.78 is 59.5. The Kier molecular flexibility index (Phi) is 23.4. The van der Waals surface area contributed by atoms with Gasteiger partial charge in [0, 0.05) is 11.6 Å². The molecule has 2 nitrogen and oxygen atoms in total. The van der Waals surface area contributed by atoms with Crippen LogP contribution in [0.5, 0.6) is 0 Å². The average molecular weight is 556 g/mol. The van der Waals surface area contributed by atoms with E-state index in [9.17, 15) is 17.6 Å². The summed E-state index contributed by atoms with van der Waals surface area (Å²) in [5, 5.41) is 8.51. The molecule has 0 bridgehead atoms. The Hall–Kier alpha value is -2.55. The van der Waals surface area contributed by atoms with Crippen LogP contribution in [-0.2, 0) is 4.74 Å². The van der Waals surface area contributed by atoms with Crippen LogP contribution in [0.4, 0.5) is 17.6 Å². The van der Waals surface area contributed by atoms with Crippen molar-refractivity contribution < 1.29 is 22.3 Å². The van der Waals surface area contributed by atoms with Crippen molar-refractivity contribution in [2.75, 3.05) is 0 Å². The van der Waals surface area contributed by atoms with Crippen LogP contribution in [0.25, 0.3) is 0 Å². The Morgan fingerprint density at radius 1 is 0.821 bits per heavy atom. The summed E-state index contributed by atoms with van der Waals surface area (Å²) in [5.74, 6) is -1.03. The molecule has 0 radical (unpaired) electrons. The van der Waals surface area contributed by atoms with Crippen molar-refractivity contribution in [1.82, 2.24) is 0 Å². The second-order valence-corrected chi connectivity index (χ2v) is 10.1. The lowest BCUT2D eigenvalue weighted by molar-refractivity contribution is -0.244. The number of allylic oxidation sites excluding steroid dienone is 7. The highest BCUT2D eigenvalue weighted by molar-refractivity contribution is 5.50. The van der Waals surface area contributed by atoms with Gasteiger partial charge in [0.05, 0.1) is 11.5 Å². The van der Waals surface area contributed by atoms with Gasteiger partial charge in [0.2, 0.25) is 0 Å². The molecule has 224 valence electrons. The lowest BCUT2D eigenvalue weighted by Crippen LogP contribution is -2.29. The molecule has 39 heavy (non-hydrogen) atoms. The van der Waals surface area contributed by atoms with E-state index in [1.807, 2.05) is 13.8 Å². The summed E-state index contributed by atoms with van der Waals surface area (Å²) in [6.45, 7) is 31.9. The fraction of sp³-hybridized carbons (Fsp3) is 0.606. The van der Waals surface area contributed by atoms with Crippen LogP contribution < -0.4 is 0 Å². The number of alkyl halides is 2. The van der Waals surface area contributed by atoms with Gasteiger partial charge in [0.1, 0.15) is 23.5 Å². The molecule has 6 heteroatoms. The van der Waals surface area contributed by atoms with E-state index in [1.54, 1.807) is 6.92 Å². The van der Waals surface area contributed by atoms with Crippen LogP contribution in [0.15, 0.2) is 72.6 Å². The first-order valence-electron chi connectivity index (χ1n) is 14.0. The molecule has 0 rings (SSSR count). The zero-order valence-electron chi connectivity index (χ0n) is 25.9. The summed E-state index contributed by atoms with van der Waals surface area (Å²) in [4.78, 5) is 0. The number of halogens is 4. The van der Waals surface area contributed by atoms with Crippen molar-refractivity contribution in [3.05, 3.63) is 72.6 Å². The summed E-state index contributed by atoms with van der Waals surface area (Å²) in [5.41, 5.74) is -1.02. The molecule has 0 amide bonds. The third-order valence-corrected chi connectivity index (χ3v) is 6.17. The van der Waals surface area contributed by atoms with Gasteiger partial charge >= 0.3 is 6.11 Å². The summed E-state index contributed by atoms with van der Waals surface area (Å²) in [7, 11) is 0. The standard InChI is InChI=1S/C19H21F4NO.C12H26.C2H6/c1-7-8-14(4)19(22,23)25-15(5)10-18(21)16(6)12(2)9-17(20)13(3)11-24;1-6-7-11(4)12(5)9-8-10(2)3;1-2/h9-10,14H,2-3,5-8H2,1,4H3;10-12H,6-9H2,1-5H3;1-2H3/b17-9+,18-10+;;. The van der Waals surface area contributed by atoms with Crippen LogP contribution >= 0.6 is 0 Å². The minimum absolute atomic E-state index is 0.193. The summed E-state index contributed by atoms with van der Waals surface area (Å²) >= 11 is 0. The zero-order chi connectivity index (χ0) is 31.3. The van der Waals surface area contributed by atoms with Crippen molar-refractivity contribution in [3.63, 3.8) is 0 Å². The summed E-state index contributed by atoms with van der Waals surface area (Å²) in [6.07, 6.45) is 4.20. The molecule has 3 atom stereocenters.